The second kappa shape index (κ2) is 9.51. The Morgan fingerprint density at radius 2 is 1.98 bits per heavy atom. The van der Waals surface area contributed by atoms with Crippen LogP contribution in [0.25, 0.3) is 0 Å². The second-order valence-corrected chi connectivity index (χ2v) is 16.3. The molecule has 0 amide bonds. The molecule has 236 valence electrons. The van der Waals surface area contributed by atoms with Gasteiger partial charge in [-0.3, -0.25) is 0 Å². The average Bonchev–Trinajstić information content (AvgIpc) is 3.66. The lowest BCUT2D eigenvalue weighted by Gasteiger charge is -2.66. The predicted molar refractivity (Wildman–Crippen MR) is 157 cm³/mol. The molecule has 1 spiro atoms. The van der Waals surface area contributed by atoms with E-state index in [2.05, 4.69) is 6.92 Å². The van der Waals surface area contributed by atoms with E-state index in [1.165, 1.54) is 18.0 Å². The van der Waals surface area contributed by atoms with E-state index in [0.29, 0.717) is 37.5 Å². The highest BCUT2D eigenvalue weighted by molar-refractivity contribution is 8.01. The summed E-state index contributed by atoms with van der Waals surface area (Å²) in [6.45, 7) is 4.68. The number of fused-ring (bicyclic) bond motifs is 8. The van der Waals surface area contributed by atoms with Crippen LogP contribution in [-0.4, -0.2) is 82.5 Å². The van der Waals surface area contributed by atoms with Crippen molar-refractivity contribution in [2.45, 2.75) is 107 Å². The molecule has 0 aromatic carbocycles. The highest BCUT2D eigenvalue weighted by atomic mass is 32.2. The molecule has 0 bridgehead atoms. The van der Waals surface area contributed by atoms with Gasteiger partial charge >= 0.3 is 5.97 Å². The molecule has 8 aliphatic rings. The summed E-state index contributed by atoms with van der Waals surface area (Å²) < 4.78 is 24.7. The van der Waals surface area contributed by atoms with Crippen LogP contribution in [0.5, 0.6) is 0 Å². The Kier molecular flexibility index (Phi) is 6.40. The van der Waals surface area contributed by atoms with Gasteiger partial charge in [-0.15, -0.1) is 11.8 Å². The quantitative estimate of drug-likeness (QED) is 0.245. The van der Waals surface area contributed by atoms with Gasteiger partial charge < -0.3 is 39.7 Å². The number of nitrogens with zero attached hydrogens (tertiary/aromatic N) is 1. The van der Waals surface area contributed by atoms with Gasteiger partial charge in [0.1, 0.15) is 18.7 Å². The summed E-state index contributed by atoms with van der Waals surface area (Å²) in [5.74, 6) is -0.513. The van der Waals surface area contributed by atoms with Gasteiger partial charge in [0.05, 0.1) is 24.1 Å². The minimum atomic E-state index is -1.82. The molecule has 4 N–H and O–H groups in total. The number of thioether (sulfide) groups is 1. The summed E-state index contributed by atoms with van der Waals surface area (Å²) in [5, 5.41) is 23.4. The fourth-order valence-electron chi connectivity index (χ4n) is 11.6. The van der Waals surface area contributed by atoms with Crippen LogP contribution in [0.3, 0.4) is 0 Å². The standard InChI is InChI=1S/C32H44N2O8S/c1-17-11-31(34-25(33)14-43-31)32(38)27(40-17)41-23-10-19-3-4-22-21(29(19,15-35)12-24(23)42-32)5-7-28(2)20(6-8-30(22,28)16-36)18-9-26(37)39-13-18/h9,15,17,19-24,27,36,38H,3-8,10-14,16H2,1-2H3,(H2,33,34)/t17-,19+,20-,21+,22-,23-,24-,27+,28-,29-,30+,31+,32?/m1/s1. The van der Waals surface area contributed by atoms with Gasteiger partial charge in [0.15, 0.2) is 4.87 Å². The molecular formula is C32H44N2O8S. The Labute approximate surface area is 256 Å². The summed E-state index contributed by atoms with van der Waals surface area (Å²) in [6, 6.07) is 0. The minimum absolute atomic E-state index is 0.0741. The van der Waals surface area contributed by atoms with E-state index < -0.39 is 28.5 Å². The Morgan fingerprint density at radius 3 is 2.67 bits per heavy atom. The third-order valence-electron chi connectivity index (χ3n) is 13.6. The molecule has 13 atom stereocenters. The van der Waals surface area contributed by atoms with E-state index in [0.717, 1.165) is 44.1 Å². The smallest absolute Gasteiger partial charge is 0.331 e. The zero-order valence-corrected chi connectivity index (χ0v) is 25.9. The van der Waals surface area contributed by atoms with Crippen LogP contribution >= 0.6 is 11.8 Å². The summed E-state index contributed by atoms with van der Waals surface area (Å²) in [6.07, 6.45) is 7.88. The van der Waals surface area contributed by atoms with Gasteiger partial charge in [-0.25, -0.2) is 9.79 Å². The molecule has 0 radical (unpaired) electrons. The molecule has 4 aliphatic heterocycles. The van der Waals surface area contributed by atoms with Crippen LogP contribution in [0.1, 0.15) is 71.6 Å². The fourth-order valence-corrected chi connectivity index (χ4v) is 13.0. The highest BCUT2D eigenvalue weighted by Gasteiger charge is 2.72. The number of aliphatic hydroxyl groups excluding tert-OH is 1. The molecule has 4 aliphatic carbocycles. The normalized spacial score (nSPS) is 55.3. The minimum Gasteiger partial charge on any atom is -0.458 e. The van der Waals surface area contributed by atoms with E-state index in [1.807, 2.05) is 6.92 Å². The predicted octanol–water partition coefficient (Wildman–Crippen LogP) is 2.69. The first-order valence-corrected chi connectivity index (χ1v) is 17.2. The highest BCUT2D eigenvalue weighted by Crippen LogP contribution is 2.73. The largest absolute Gasteiger partial charge is 0.458 e. The first-order chi connectivity index (χ1) is 20.5. The average molecular weight is 617 g/mol. The SMILES string of the molecule is C[C@@H]1C[C@@]2(N=C(N)CS2)C2(O)O[C@@H]3C[C@@]4(C=O)[C@@H](CC[C@@H]5[C@@H]4CC[C@]4(C)[C@@H](C6=CC(=O)OC6)CC[C@]54CO)C[C@H]3O[C@@H]2O1. The van der Waals surface area contributed by atoms with Crippen molar-refractivity contribution in [3.8, 4) is 0 Å². The van der Waals surface area contributed by atoms with Crippen molar-refractivity contribution in [1.29, 1.82) is 0 Å². The number of esters is 1. The van der Waals surface area contributed by atoms with Gasteiger partial charge in [-0.1, -0.05) is 6.92 Å². The molecule has 8 rings (SSSR count). The number of hydrogen-bond acceptors (Lipinski definition) is 11. The van der Waals surface area contributed by atoms with Gasteiger partial charge in [-0.05, 0) is 93.0 Å². The van der Waals surface area contributed by atoms with Crippen LogP contribution in [0.15, 0.2) is 16.6 Å². The van der Waals surface area contributed by atoms with Gasteiger partial charge in [0, 0.05) is 29.9 Å². The second-order valence-electron chi connectivity index (χ2n) is 15.0. The van der Waals surface area contributed by atoms with E-state index in [1.54, 1.807) is 6.08 Å². The van der Waals surface area contributed by atoms with E-state index in [-0.39, 0.29) is 59.3 Å². The molecular weight excluding hydrogens is 572 g/mol. The first kappa shape index (κ1) is 28.9. The van der Waals surface area contributed by atoms with E-state index in [4.69, 9.17) is 29.7 Å². The van der Waals surface area contributed by atoms with E-state index >= 15 is 0 Å². The monoisotopic (exact) mass is 616 g/mol. The lowest BCUT2D eigenvalue weighted by molar-refractivity contribution is -0.445. The summed E-state index contributed by atoms with van der Waals surface area (Å²) >= 11 is 1.47. The fraction of sp³-hybridized carbons (Fsp3) is 0.844. The van der Waals surface area contributed by atoms with Crippen molar-refractivity contribution in [1.82, 2.24) is 0 Å². The number of aldehydes is 1. The zero-order chi connectivity index (χ0) is 30.0. The van der Waals surface area contributed by atoms with Gasteiger partial charge in [0.25, 0.3) is 5.79 Å². The Bertz CT molecular complexity index is 1290. The van der Waals surface area contributed by atoms with Crippen LogP contribution in [0.2, 0.25) is 0 Å². The van der Waals surface area contributed by atoms with Crippen molar-refractivity contribution in [2.24, 2.45) is 50.6 Å². The van der Waals surface area contributed by atoms with Crippen molar-refractivity contribution >= 4 is 29.9 Å². The number of carbonyl (C=O) groups is 2. The van der Waals surface area contributed by atoms with E-state index in [9.17, 15) is 19.8 Å². The Morgan fingerprint density at radius 1 is 1.14 bits per heavy atom. The number of ether oxygens (including phenoxy) is 4. The molecule has 2 saturated heterocycles. The zero-order valence-electron chi connectivity index (χ0n) is 25.0. The molecule has 1 unspecified atom stereocenters. The molecule has 0 aromatic heterocycles. The van der Waals surface area contributed by atoms with Crippen molar-refractivity contribution in [3.63, 3.8) is 0 Å². The van der Waals surface area contributed by atoms with Crippen molar-refractivity contribution in [3.05, 3.63) is 11.6 Å². The maximum Gasteiger partial charge on any atom is 0.331 e. The lowest BCUT2D eigenvalue weighted by Crippen LogP contribution is -2.73. The van der Waals surface area contributed by atoms with Gasteiger partial charge in [-0.2, -0.15) is 0 Å². The first-order valence-electron chi connectivity index (χ1n) is 16.2. The number of cyclic esters (lactones) is 1. The molecule has 11 heteroatoms. The van der Waals surface area contributed by atoms with Crippen molar-refractivity contribution in [2.75, 3.05) is 19.0 Å². The van der Waals surface area contributed by atoms with Crippen LogP contribution in [0, 0.1) is 39.9 Å². The summed E-state index contributed by atoms with van der Waals surface area (Å²) in [7, 11) is 0. The number of rotatable bonds is 3. The van der Waals surface area contributed by atoms with Gasteiger partial charge in [0.2, 0.25) is 6.29 Å². The number of aliphatic imine (C=N–C) groups is 1. The Hall–Kier alpha value is -1.50. The molecule has 10 nitrogen and oxygen atoms in total. The molecule has 4 saturated carbocycles. The number of nitrogens with two attached hydrogens (primary N) is 1. The number of carbonyl (C=O) groups excluding carboxylic acids is 2. The summed E-state index contributed by atoms with van der Waals surface area (Å²) in [4.78, 5) is 29.1. The maximum absolute atomic E-state index is 13.5. The lowest BCUT2D eigenvalue weighted by atomic mass is 9.40. The summed E-state index contributed by atoms with van der Waals surface area (Å²) in [5.41, 5.74) is 6.04. The Balaban J connectivity index is 1.12. The van der Waals surface area contributed by atoms with Crippen molar-refractivity contribution < 1.29 is 38.7 Å². The van der Waals surface area contributed by atoms with Crippen LogP contribution in [-0.2, 0) is 28.5 Å². The number of amidine groups is 1. The topological polar surface area (TPSA) is 150 Å². The molecule has 6 fully saturated rings. The molecule has 0 aromatic rings. The third-order valence-corrected chi connectivity index (χ3v) is 15.0. The molecule has 43 heavy (non-hydrogen) atoms. The maximum atomic E-state index is 13.5. The van der Waals surface area contributed by atoms with Crippen LogP contribution < -0.4 is 5.73 Å². The molecule has 4 heterocycles. The van der Waals surface area contributed by atoms with Crippen LogP contribution in [0.4, 0.5) is 0 Å². The number of hydrogen-bond donors (Lipinski definition) is 3. The third kappa shape index (κ3) is 3.64. The number of aliphatic hydroxyl groups is 2.